The molecule has 2 aromatic heterocycles. The van der Waals surface area contributed by atoms with Crippen molar-refractivity contribution >= 4 is 28.3 Å². The zero-order valence-electron chi connectivity index (χ0n) is 15.2. The van der Waals surface area contributed by atoms with Crippen LogP contribution in [0.4, 0.5) is 18.3 Å². The number of amides is 2. The minimum Gasteiger partial charge on any atom is -0.458 e. The Morgan fingerprint density at radius 3 is 2.72 bits per heavy atom. The largest absolute Gasteiger partial charge is 0.458 e. The second-order valence-corrected chi connectivity index (χ2v) is 6.99. The van der Waals surface area contributed by atoms with Crippen LogP contribution in [0.3, 0.4) is 0 Å². The number of carbonyl (C=O) groups excluding carboxylic acids is 2. The van der Waals surface area contributed by atoms with Crippen molar-refractivity contribution in [1.82, 2.24) is 10.3 Å². The molecular weight excluding hydrogens is 407 g/mol. The zero-order valence-corrected chi connectivity index (χ0v) is 16.0. The molecule has 0 aliphatic rings. The van der Waals surface area contributed by atoms with Gasteiger partial charge in [-0.3, -0.25) is 9.59 Å². The quantitative estimate of drug-likeness (QED) is 0.621. The molecular formula is C19H16F3N3O3S. The molecule has 0 bridgehead atoms. The normalized spacial score (nSPS) is 11.3. The number of anilines is 1. The van der Waals surface area contributed by atoms with Gasteiger partial charge in [0.25, 0.3) is 0 Å². The van der Waals surface area contributed by atoms with Crippen molar-refractivity contribution in [1.29, 1.82) is 0 Å². The maximum absolute atomic E-state index is 12.8. The van der Waals surface area contributed by atoms with Gasteiger partial charge in [0.15, 0.2) is 10.9 Å². The van der Waals surface area contributed by atoms with Crippen molar-refractivity contribution < 1.29 is 27.2 Å². The average Bonchev–Trinajstić information content (AvgIpc) is 3.28. The van der Waals surface area contributed by atoms with Crippen LogP contribution in [0.1, 0.15) is 23.8 Å². The summed E-state index contributed by atoms with van der Waals surface area (Å²) >= 11 is 1.17. The molecule has 1 aromatic carbocycles. The summed E-state index contributed by atoms with van der Waals surface area (Å²) in [6.07, 6.45) is -4.67. The number of hydrogen-bond donors (Lipinski definition) is 2. The Hall–Kier alpha value is -3.14. The van der Waals surface area contributed by atoms with Crippen LogP contribution < -0.4 is 10.6 Å². The fraction of sp³-hybridized carbons (Fsp3) is 0.211. The summed E-state index contributed by atoms with van der Waals surface area (Å²) in [6.45, 7) is 1.65. The van der Waals surface area contributed by atoms with Crippen LogP contribution >= 0.6 is 11.3 Å². The highest BCUT2D eigenvalue weighted by Gasteiger charge is 2.30. The highest BCUT2D eigenvalue weighted by Crippen LogP contribution is 2.30. The molecule has 0 aliphatic heterocycles. The standard InChI is InChI=1S/C19H16F3N3O3S/c1-11(26)23-9-14-5-6-16(28-14)15-10-29-18(24-15)25-17(27)8-12-3-2-4-13(7-12)19(20,21)22/h2-7,10H,8-9H2,1H3,(H,23,26)(H,24,25,27). The van der Waals surface area contributed by atoms with Gasteiger partial charge in [0.1, 0.15) is 11.5 Å². The van der Waals surface area contributed by atoms with Gasteiger partial charge in [-0.2, -0.15) is 13.2 Å². The van der Waals surface area contributed by atoms with Gasteiger partial charge in [0.05, 0.1) is 18.5 Å². The first-order chi connectivity index (χ1) is 13.7. The third kappa shape index (κ3) is 5.67. The van der Waals surface area contributed by atoms with Gasteiger partial charge in [0, 0.05) is 12.3 Å². The molecule has 0 saturated heterocycles. The molecule has 0 radical (unpaired) electrons. The lowest BCUT2D eigenvalue weighted by Crippen LogP contribution is -2.18. The summed E-state index contributed by atoms with van der Waals surface area (Å²) < 4.78 is 43.9. The van der Waals surface area contributed by atoms with Gasteiger partial charge in [-0.25, -0.2) is 4.98 Å². The van der Waals surface area contributed by atoms with Gasteiger partial charge in [0.2, 0.25) is 11.8 Å². The van der Waals surface area contributed by atoms with E-state index in [1.807, 2.05) is 0 Å². The third-order valence-corrected chi connectivity index (χ3v) is 4.55. The first kappa shape index (κ1) is 20.6. The lowest BCUT2D eigenvalue weighted by atomic mass is 10.1. The number of aromatic nitrogens is 1. The molecule has 10 heteroatoms. The Morgan fingerprint density at radius 1 is 1.21 bits per heavy atom. The number of thiazole rings is 1. The number of furan rings is 1. The van der Waals surface area contributed by atoms with E-state index in [-0.39, 0.29) is 24.4 Å². The molecule has 6 nitrogen and oxygen atoms in total. The smallest absolute Gasteiger partial charge is 0.416 e. The van der Waals surface area contributed by atoms with Gasteiger partial charge >= 0.3 is 6.18 Å². The van der Waals surface area contributed by atoms with E-state index in [1.54, 1.807) is 17.5 Å². The van der Waals surface area contributed by atoms with Crippen LogP contribution in [0.2, 0.25) is 0 Å². The van der Waals surface area contributed by atoms with E-state index >= 15 is 0 Å². The lowest BCUT2D eigenvalue weighted by molar-refractivity contribution is -0.137. The van der Waals surface area contributed by atoms with Crippen molar-refractivity contribution in [3.05, 3.63) is 58.7 Å². The number of benzene rings is 1. The monoisotopic (exact) mass is 423 g/mol. The molecule has 0 unspecified atom stereocenters. The van der Waals surface area contributed by atoms with Crippen molar-refractivity contribution in [2.24, 2.45) is 0 Å². The van der Waals surface area contributed by atoms with E-state index in [2.05, 4.69) is 15.6 Å². The predicted molar refractivity (Wildman–Crippen MR) is 101 cm³/mol. The highest BCUT2D eigenvalue weighted by atomic mass is 32.1. The molecule has 0 atom stereocenters. The number of rotatable bonds is 6. The summed E-state index contributed by atoms with van der Waals surface area (Å²) in [5, 5.41) is 7.17. The number of alkyl halides is 3. The highest BCUT2D eigenvalue weighted by molar-refractivity contribution is 7.14. The summed E-state index contributed by atoms with van der Waals surface area (Å²) in [5.74, 6) is 0.372. The Morgan fingerprint density at radius 2 is 2.00 bits per heavy atom. The van der Waals surface area contributed by atoms with Gasteiger partial charge in [-0.05, 0) is 23.8 Å². The van der Waals surface area contributed by atoms with Crippen LogP contribution in [0.25, 0.3) is 11.5 Å². The fourth-order valence-corrected chi connectivity index (χ4v) is 3.19. The van der Waals surface area contributed by atoms with Crippen molar-refractivity contribution in [2.75, 3.05) is 5.32 Å². The molecule has 152 valence electrons. The van der Waals surface area contributed by atoms with E-state index in [1.165, 1.54) is 30.4 Å². The van der Waals surface area contributed by atoms with E-state index in [0.29, 0.717) is 22.3 Å². The summed E-state index contributed by atoms with van der Waals surface area (Å²) in [6, 6.07) is 8.03. The molecule has 0 aliphatic carbocycles. The molecule has 0 saturated carbocycles. The fourth-order valence-electron chi connectivity index (χ4n) is 2.47. The van der Waals surface area contributed by atoms with E-state index < -0.39 is 17.6 Å². The van der Waals surface area contributed by atoms with E-state index in [0.717, 1.165) is 12.1 Å². The number of nitrogens with zero attached hydrogens (tertiary/aromatic N) is 1. The molecule has 2 N–H and O–H groups in total. The van der Waals surface area contributed by atoms with Crippen LogP contribution in [0.5, 0.6) is 0 Å². The molecule has 3 aromatic rings. The maximum atomic E-state index is 12.8. The summed E-state index contributed by atoms with van der Waals surface area (Å²) in [7, 11) is 0. The van der Waals surface area contributed by atoms with E-state index in [9.17, 15) is 22.8 Å². The Balaban J connectivity index is 1.61. The summed E-state index contributed by atoms with van der Waals surface area (Å²) in [4.78, 5) is 27.3. The second kappa shape index (κ2) is 8.48. The molecule has 29 heavy (non-hydrogen) atoms. The Bertz CT molecular complexity index is 1030. The minimum atomic E-state index is -4.46. The Kier molecular flexibility index (Phi) is 6.02. The number of hydrogen-bond acceptors (Lipinski definition) is 5. The van der Waals surface area contributed by atoms with Gasteiger partial charge in [-0.15, -0.1) is 11.3 Å². The van der Waals surface area contributed by atoms with Gasteiger partial charge < -0.3 is 15.1 Å². The van der Waals surface area contributed by atoms with E-state index in [4.69, 9.17) is 4.42 Å². The van der Waals surface area contributed by atoms with Crippen molar-refractivity contribution in [3.63, 3.8) is 0 Å². The molecule has 2 amide bonds. The lowest BCUT2D eigenvalue weighted by Gasteiger charge is -2.08. The van der Waals surface area contributed by atoms with Crippen LogP contribution in [-0.4, -0.2) is 16.8 Å². The SMILES string of the molecule is CC(=O)NCc1ccc(-c2csc(NC(=O)Cc3cccc(C(F)(F)F)c3)n2)o1. The van der Waals surface area contributed by atoms with Gasteiger partial charge in [-0.1, -0.05) is 18.2 Å². The second-order valence-electron chi connectivity index (χ2n) is 6.14. The zero-order chi connectivity index (χ0) is 21.0. The first-order valence-electron chi connectivity index (χ1n) is 8.46. The Labute approximate surface area is 167 Å². The van der Waals surface area contributed by atoms with Crippen molar-refractivity contribution in [2.45, 2.75) is 26.1 Å². The predicted octanol–water partition coefficient (Wildman–Crippen LogP) is 4.24. The van der Waals surface area contributed by atoms with Crippen LogP contribution in [0, 0.1) is 0 Å². The first-order valence-corrected chi connectivity index (χ1v) is 9.34. The number of halogens is 3. The molecule has 0 spiro atoms. The molecule has 3 rings (SSSR count). The molecule has 2 heterocycles. The maximum Gasteiger partial charge on any atom is 0.416 e. The minimum absolute atomic E-state index is 0.178. The van der Waals surface area contributed by atoms with Crippen molar-refractivity contribution in [3.8, 4) is 11.5 Å². The van der Waals surface area contributed by atoms with Crippen LogP contribution in [0.15, 0.2) is 46.2 Å². The van der Waals surface area contributed by atoms with Crippen LogP contribution in [-0.2, 0) is 28.7 Å². The molecule has 0 fully saturated rings. The average molecular weight is 423 g/mol. The number of nitrogens with one attached hydrogen (secondary N) is 2. The topological polar surface area (TPSA) is 84.2 Å². The number of carbonyl (C=O) groups is 2. The third-order valence-electron chi connectivity index (χ3n) is 3.80. The summed E-state index contributed by atoms with van der Waals surface area (Å²) in [5.41, 5.74) is -0.0478.